The van der Waals surface area contributed by atoms with Crippen LogP contribution in [0.4, 0.5) is 0 Å². The van der Waals surface area contributed by atoms with E-state index in [0.717, 1.165) is 12.1 Å². The molecule has 27 heavy (non-hydrogen) atoms. The molecule has 5 aliphatic rings. The number of ketones is 1. The Kier molecular flexibility index (Phi) is 2.72. The Morgan fingerprint density at radius 2 is 2.19 bits per heavy atom. The minimum Gasteiger partial charge on any atom is -0.504 e. The van der Waals surface area contributed by atoms with Crippen molar-refractivity contribution in [3.05, 3.63) is 45.5 Å². The molecule has 7 heteroatoms. The van der Waals surface area contributed by atoms with Gasteiger partial charge in [0, 0.05) is 23.6 Å². The van der Waals surface area contributed by atoms with Crippen LogP contribution in [0.5, 0.6) is 11.5 Å². The summed E-state index contributed by atoms with van der Waals surface area (Å²) in [6, 6.07) is 3.13. The van der Waals surface area contributed by atoms with E-state index in [0.29, 0.717) is 30.9 Å². The summed E-state index contributed by atoms with van der Waals surface area (Å²) in [5.74, 6) is 0.617. The van der Waals surface area contributed by atoms with Crippen molar-refractivity contribution in [3.63, 3.8) is 0 Å². The minimum atomic E-state index is -1.40. The topological polar surface area (TPSA) is 92.9 Å². The summed E-state index contributed by atoms with van der Waals surface area (Å²) in [6.07, 6.45) is 5.35. The Morgan fingerprint density at radius 1 is 1.37 bits per heavy atom. The van der Waals surface area contributed by atoms with Crippen molar-refractivity contribution in [3.8, 4) is 11.5 Å². The van der Waals surface area contributed by atoms with Crippen LogP contribution < -0.4 is 4.74 Å². The van der Waals surface area contributed by atoms with Crippen molar-refractivity contribution in [1.82, 2.24) is 4.90 Å². The molecule has 1 aromatic carbocycles. The summed E-state index contributed by atoms with van der Waals surface area (Å²) < 4.78 is 5.95. The van der Waals surface area contributed by atoms with Crippen LogP contribution in [0.2, 0.25) is 0 Å². The van der Waals surface area contributed by atoms with Crippen molar-refractivity contribution in [2.24, 2.45) is 5.92 Å². The molecule has 1 aromatic rings. The third-order valence-corrected chi connectivity index (χ3v) is 7.47. The van der Waals surface area contributed by atoms with Gasteiger partial charge in [0.1, 0.15) is 5.41 Å². The molecule has 4 atom stereocenters. The second-order valence-electron chi connectivity index (χ2n) is 8.64. The number of hydrogen-bond acceptors (Lipinski definition) is 6. The van der Waals surface area contributed by atoms with Gasteiger partial charge in [-0.1, -0.05) is 6.07 Å². The highest BCUT2D eigenvalue weighted by molar-refractivity contribution is 5.99. The molecule has 7 nitrogen and oxygen atoms in total. The fraction of sp³-hybridized carbons (Fsp3) is 0.550. The lowest BCUT2D eigenvalue weighted by atomic mass is 9.49. The molecule has 1 saturated heterocycles. The number of piperidine rings is 1. The van der Waals surface area contributed by atoms with E-state index >= 15 is 0 Å². The molecule has 3 aliphatic carbocycles. The Morgan fingerprint density at radius 3 is 2.93 bits per heavy atom. The standard InChI is InChI=1S/C20H20N2O5/c23-13-4-3-12-9-15-20(22(25)26)6-5-14(24)18-19(20,16(12)17(13)27-18)7-8-21(15)10-11-1-2-11/h3-6,11,15,18,23H,1-2,7-10H2/t15?,18-,19?,20+/m0/s1. The molecule has 2 unspecified atom stereocenters. The first-order valence-corrected chi connectivity index (χ1v) is 9.62. The first-order chi connectivity index (χ1) is 13.0. The lowest BCUT2D eigenvalue weighted by Gasteiger charge is -2.57. The SMILES string of the molecule is O=C1C=C[C@@]2([N+](=O)[O-])C3Cc4ccc(O)c5c4C2(CCN3CC2CC2)[C@H]1O5. The van der Waals surface area contributed by atoms with Gasteiger partial charge in [-0.25, -0.2) is 0 Å². The van der Waals surface area contributed by atoms with Crippen LogP contribution in [0.25, 0.3) is 0 Å². The van der Waals surface area contributed by atoms with Crippen LogP contribution >= 0.6 is 0 Å². The number of carbonyl (C=O) groups excluding carboxylic acids is 1. The van der Waals surface area contributed by atoms with Gasteiger partial charge >= 0.3 is 0 Å². The zero-order valence-electron chi connectivity index (χ0n) is 14.8. The molecule has 1 saturated carbocycles. The first kappa shape index (κ1) is 15.6. The van der Waals surface area contributed by atoms with Crippen LogP contribution in [-0.4, -0.2) is 51.5 Å². The average Bonchev–Trinajstić information content (AvgIpc) is 3.38. The molecule has 1 spiro atoms. The second kappa shape index (κ2) is 4.70. The maximum atomic E-state index is 12.7. The van der Waals surface area contributed by atoms with Crippen LogP contribution in [0, 0.1) is 16.0 Å². The number of benzene rings is 1. The lowest BCUT2D eigenvalue weighted by molar-refractivity contribution is -0.585. The van der Waals surface area contributed by atoms with Gasteiger partial charge in [-0.15, -0.1) is 0 Å². The Bertz CT molecular complexity index is 939. The summed E-state index contributed by atoms with van der Waals surface area (Å²) in [6.45, 7) is 1.59. The average molecular weight is 368 g/mol. The number of hydrogen-bond donors (Lipinski definition) is 1. The van der Waals surface area contributed by atoms with Crippen LogP contribution in [0.3, 0.4) is 0 Å². The third-order valence-electron chi connectivity index (χ3n) is 7.47. The zero-order chi connectivity index (χ0) is 18.6. The maximum absolute atomic E-state index is 12.7. The van der Waals surface area contributed by atoms with E-state index in [2.05, 4.69) is 4.90 Å². The van der Waals surface area contributed by atoms with E-state index in [1.807, 2.05) is 6.07 Å². The van der Waals surface area contributed by atoms with Crippen molar-refractivity contribution in [2.45, 2.75) is 48.8 Å². The summed E-state index contributed by atoms with van der Waals surface area (Å²) in [5.41, 5.74) is -0.764. The number of phenolic OH excluding ortho intramolecular Hbond substituents is 1. The van der Waals surface area contributed by atoms with E-state index in [4.69, 9.17) is 4.74 Å². The summed E-state index contributed by atoms with van der Waals surface area (Å²) >= 11 is 0. The zero-order valence-corrected chi connectivity index (χ0v) is 14.8. The molecule has 2 aliphatic heterocycles. The van der Waals surface area contributed by atoms with Gasteiger partial charge in [0.2, 0.25) is 0 Å². The molecule has 1 N–H and O–H groups in total. The fourth-order valence-electron chi connectivity index (χ4n) is 6.20. The number of ether oxygens (including phenoxy) is 1. The first-order valence-electron chi connectivity index (χ1n) is 9.62. The Hall–Kier alpha value is -2.41. The van der Waals surface area contributed by atoms with Gasteiger partial charge in [0.15, 0.2) is 23.4 Å². The lowest BCUT2D eigenvalue weighted by Crippen LogP contribution is -2.78. The van der Waals surface area contributed by atoms with E-state index in [-0.39, 0.29) is 28.2 Å². The van der Waals surface area contributed by atoms with Crippen molar-refractivity contribution < 1.29 is 19.6 Å². The summed E-state index contributed by atoms with van der Waals surface area (Å²) in [5, 5.41) is 23.0. The van der Waals surface area contributed by atoms with Crippen molar-refractivity contribution in [1.29, 1.82) is 0 Å². The van der Waals surface area contributed by atoms with Gasteiger partial charge in [-0.05, 0) is 55.4 Å². The monoisotopic (exact) mass is 368 g/mol. The summed E-state index contributed by atoms with van der Waals surface area (Å²) in [7, 11) is 0. The van der Waals surface area contributed by atoms with Gasteiger partial charge in [0.05, 0.1) is 6.04 Å². The smallest absolute Gasteiger partial charge is 0.269 e. The van der Waals surface area contributed by atoms with Crippen LogP contribution in [0.15, 0.2) is 24.3 Å². The second-order valence-corrected chi connectivity index (χ2v) is 8.64. The minimum absolute atomic E-state index is 0.0403. The number of nitro groups is 1. The highest BCUT2D eigenvalue weighted by atomic mass is 16.6. The molecule has 0 radical (unpaired) electrons. The van der Waals surface area contributed by atoms with Crippen LogP contribution in [-0.2, 0) is 16.6 Å². The molecule has 0 amide bonds. The van der Waals surface area contributed by atoms with Crippen molar-refractivity contribution in [2.75, 3.05) is 13.1 Å². The molecular weight excluding hydrogens is 348 g/mol. The largest absolute Gasteiger partial charge is 0.504 e. The highest BCUT2D eigenvalue weighted by Gasteiger charge is 2.79. The number of aromatic hydroxyl groups is 1. The number of phenols is 1. The van der Waals surface area contributed by atoms with E-state index in [9.17, 15) is 20.0 Å². The molecule has 0 aromatic heterocycles. The number of rotatable bonds is 3. The third kappa shape index (κ3) is 1.61. The predicted octanol–water partition coefficient (Wildman–Crippen LogP) is 1.59. The molecule has 2 bridgehead atoms. The van der Waals surface area contributed by atoms with E-state index in [1.54, 1.807) is 12.1 Å². The number of likely N-dealkylation sites (tertiary alicyclic amines) is 1. The van der Waals surface area contributed by atoms with Gasteiger partial charge in [-0.3, -0.25) is 19.8 Å². The van der Waals surface area contributed by atoms with Gasteiger partial charge < -0.3 is 9.84 Å². The normalized spacial score (nSPS) is 38.4. The summed E-state index contributed by atoms with van der Waals surface area (Å²) in [4.78, 5) is 27.5. The molecule has 2 heterocycles. The molecule has 140 valence electrons. The van der Waals surface area contributed by atoms with Gasteiger partial charge in [-0.2, -0.15) is 0 Å². The van der Waals surface area contributed by atoms with Gasteiger partial charge in [0.25, 0.3) is 5.54 Å². The number of nitrogens with zero attached hydrogens (tertiary/aromatic N) is 2. The van der Waals surface area contributed by atoms with E-state index < -0.39 is 17.1 Å². The molecular formula is C20H20N2O5. The van der Waals surface area contributed by atoms with E-state index in [1.165, 1.54) is 18.9 Å². The van der Waals surface area contributed by atoms with Crippen molar-refractivity contribution >= 4 is 5.78 Å². The quantitative estimate of drug-likeness (QED) is 0.643. The molecule has 2 fully saturated rings. The Labute approximate surface area is 155 Å². The number of carbonyl (C=O) groups is 1. The highest BCUT2D eigenvalue weighted by Crippen LogP contribution is 2.64. The predicted molar refractivity (Wildman–Crippen MR) is 94.5 cm³/mol. The fourth-order valence-corrected chi connectivity index (χ4v) is 6.20. The molecule has 6 rings (SSSR count). The van der Waals surface area contributed by atoms with Crippen LogP contribution in [0.1, 0.15) is 30.4 Å². The maximum Gasteiger partial charge on any atom is 0.269 e. The Balaban J connectivity index is 1.65.